The van der Waals surface area contributed by atoms with Crippen molar-refractivity contribution in [2.24, 2.45) is 11.8 Å². The van der Waals surface area contributed by atoms with Crippen molar-refractivity contribution in [1.29, 1.82) is 0 Å². The highest BCUT2D eigenvalue weighted by molar-refractivity contribution is 5.82. The van der Waals surface area contributed by atoms with E-state index in [9.17, 15) is 9.59 Å². The van der Waals surface area contributed by atoms with E-state index in [4.69, 9.17) is 5.11 Å². The van der Waals surface area contributed by atoms with E-state index < -0.39 is 5.97 Å². The maximum atomic E-state index is 12.2. The predicted octanol–water partition coefficient (Wildman–Crippen LogP) is 1.13. The van der Waals surface area contributed by atoms with Crippen LogP contribution in [0.2, 0.25) is 0 Å². The van der Waals surface area contributed by atoms with Crippen LogP contribution in [0.4, 0.5) is 0 Å². The number of piperidine rings is 1. The van der Waals surface area contributed by atoms with Crippen LogP contribution in [0.1, 0.15) is 45.4 Å². The molecule has 1 saturated heterocycles. The molecule has 0 aromatic rings. The fourth-order valence-electron chi connectivity index (χ4n) is 3.21. The van der Waals surface area contributed by atoms with Crippen molar-refractivity contribution in [3.8, 4) is 0 Å². The predicted molar refractivity (Wildman–Crippen MR) is 71.7 cm³/mol. The lowest BCUT2D eigenvalue weighted by molar-refractivity contribution is -0.141. The van der Waals surface area contributed by atoms with Gasteiger partial charge in [-0.1, -0.05) is 13.3 Å². The number of carboxylic acids is 1. The molecular weight excluding hydrogens is 244 g/mol. The molecule has 1 aliphatic heterocycles. The average molecular weight is 268 g/mol. The molecule has 108 valence electrons. The molecule has 4 atom stereocenters. The molecule has 0 aromatic heterocycles. The first kappa shape index (κ1) is 14.3. The Kier molecular flexibility index (Phi) is 4.80. The van der Waals surface area contributed by atoms with Crippen molar-refractivity contribution >= 4 is 11.9 Å². The maximum absolute atomic E-state index is 12.2. The number of rotatable bonds is 4. The summed E-state index contributed by atoms with van der Waals surface area (Å²) in [7, 11) is 0. The Morgan fingerprint density at radius 3 is 2.68 bits per heavy atom. The van der Waals surface area contributed by atoms with E-state index in [2.05, 4.69) is 17.6 Å². The fourth-order valence-corrected chi connectivity index (χ4v) is 3.21. The molecule has 1 aliphatic carbocycles. The van der Waals surface area contributed by atoms with Crippen LogP contribution >= 0.6 is 0 Å². The summed E-state index contributed by atoms with van der Waals surface area (Å²) in [5, 5.41) is 15.2. The standard InChI is InChI=1S/C14H24N2O3/c1-2-9-5-6-15-12(7-9)13(17)16-11-4-3-10(8-11)14(18)19/h9-12,15H,2-8H2,1H3,(H,16,17)(H,18,19). The fraction of sp³-hybridized carbons (Fsp3) is 0.857. The van der Waals surface area contributed by atoms with Crippen LogP contribution in [0.25, 0.3) is 0 Å². The van der Waals surface area contributed by atoms with E-state index in [1.165, 1.54) is 0 Å². The maximum Gasteiger partial charge on any atom is 0.306 e. The SMILES string of the molecule is CCC1CCNC(C(=O)NC2CCC(C(=O)O)C2)C1. The number of carbonyl (C=O) groups excluding carboxylic acids is 1. The number of hydrogen-bond acceptors (Lipinski definition) is 3. The van der Waals surface area contributed by atoms with E-state index >= 15 is 0 Å². The van der Waals surface area contributed by atoms with Gasteiger partial charge in [0, 0.05) is 6.04 Å². The number of carbonyl (C=O) groups is 2. The molecule has 4 unspecified atom stereocenters. The minimum atomic E-state index is -0.737. The third-order valence-electron chi connectivity index (χ3n) is 4.53. The number of carboxylic acid groups (broad SMARTS) is 1. The molecular formula is C14H24N2O3. The van der Waals surface area contributed by atoms with E-state index in [-0.39, 0.29) is 23.9 Å². The zero-order valence-corrected chi connectivity index (χ0v) is 11.5. The van der Waals surface area contributed by atoms with Crippen LogP contribution in [0.3, 0.4) is 0 Å². The topological polar surface area (TPSA) is 78.4 Å². The van der Waals surface area contributed by atoms with E-state index in [1.54, 1.807) is 0 Å². The Hall–Kier alpha value is -1.10. The zero-order chi connectivity index (χ0) is 13.8. The van der Waals surface area contributed by atoms with Crippen molar-refractivity contribution in [3.05, 3.63) is 0 Å². The Morgan fingerprint density at radius 2 is 2.05 bits per heavy atom. The first-order valence-corrected chi connectivity index (χ1v) is 7.36. The number of aliphatic carboxylic acids is 1. The molecule has 2 fully saturated rings. The minimum absolute atomic E-state index is 0.0393. The van der Waals surface area contributed by atoms with Crippen molar-refractivity contribution in [3.63, 3.8) is 0 Å². The van der Waals surface area contributed by atoms with Crippen molar-refractivity contribution in [2.45, 2.75) is 57.5 Å². The van der Waals surface area contributed by atoms with E-state index in [0.717, 1.165) is 32.2 Å². The Balaban J connectivity index is 1.79. The van der Waals surface area contributed by atoms with Gasteiger partial charge in [0.05, 0.1) is 12.0 Å². The van der Waals surface area contributed by atoms with Gasteiger partial charge < -0.3 is 15.7 Å². The summed E-state index contributed by atoms with van der Waals surface area (Å²) in [4.78, 5) is 23.1. The first-order valence-electron chi connectivity index (χ1n) is 7.36. The summed E-state index contributed by atoms with van der Waals surface area (Å²) in [6.45, 7) is 3.07. The van der Waals surface area contributed by atoms with Crippen molar-refractivity contribution in [1.82, 2.24) is 10.6 Å². The molecule has 19 heavy (non-hydrogen) atoms. The summed E-state index contributed by atoms with van der Waals surface area (Å²) in [6.07, 6.45) is 5.20. The van der Waals surface area contributed by atoms with Crippen LogP contribution in [-0.4, -0.2) is 35.6 Å². The molecule has 0 aromatic carbocycles. The second-order valence-electron chi connectivity index (χ2n) is 5.86. The van der Waals surface area contributed by atoms with Gasteiger partial charge >= 0.3 is 5.97 Å². The van der Waals surface area contributed by atoms with Gasteiger partial charge in [-0.15, -0.1) is 0 Å². The monoisotopic (exact) mass is 268 g/mol. The van der Waals surface area contributed by atoms with Crippen LogP contribution in [-0.2, 0) is 9.59 Å². The molecule has 5 heteroatoms. The molecule has 3 N–H and O–H groups in total. The second kappa shape index (κ2) is 6.37. The quantitative estimate of drug-likeness (QED) is 0.714. The average Bonchev–Trinajstić information content (AvgIpc) is 2.87. The third-order valence-corrected chi connectivity index (χ3v) is 4.53. The van der Waals surface area contributed by atoms with Crippen LogP contribution in [0.5, 0.6) is 0 Å². The van der Waals surface area contributed by atoms with Gasteiger partial charge in [-0.2, -0.15) is 0 Å². The lowest BCUT2D eigenvalue weighted by Gasteiger charge is -2.29. The third kappa shape index (κ3) is 3.69. The van der Waals surface area contributed by atoms with Crippen LogP contribution < -0.4 is 10.6 Å². The highest BCUT2D eigenvalue weighted by Crippen LogP contribution is 2.26. The number of nitrogens with one attached hydrogen (secondary N) is 2. The summed E-state index contributed by atoms with van der Waals surface area (Å²) >= 11 is 0. The van der Waals surface area contributed by atoms with Crippen molar-refractivity contribution in [2.75, 3.05) is 6.54 Å². The number of amides is 1. The summed E-state index contributed by atoms with van der Waals surface area (Å²) < 4.78 is 0. The molecule has 0 radical (unpaired) electrons. The van der Waals surface area contributed by atoms with Gasteiger partial charge in [0.15, 0.2) is 0 Å². The van der Waals surface area contributed by atoms with Crippen LogP contribution in [0.15, 0.2) is 0 Å². The number of hydrogen-bond donors (Lipinski definition) is 3. The lowest BCUT2D eigenvalue weighted by Crippen LogP contribution is -2.50. The summed E-state index contributed by atoms with van der Waals surface area (Å²) in [6, 6.07) is -0.0556. The Labute approximate surface area is 114 Å². The van der Waals surface area contributed by atoms with Gasteiger partial charge in [-0.25, -0.2) is 0 Å². The molecule has 0 spiro atoms. The molecule has 5 nitrogen and oxygen atoms in total. The Morgan fingerprint density at radius 1 is 1.26 bits per heavy atom. The molecule has 2 aliphatic rings. The highest BCUT2D eigenvalue weighted by atomic mass is 16.4. The summed E-state index contributed by atoms with van der Waals surface area (Å²) in [5.74, 6) is -0.340. The Bertz CT molecular complexity index is 346. The molecule has 1 amide bonds. The second-order valence-corrected chi connectivity index (χ2v) is 5.86. The molecule has 1 saturated carbocycles. The first-order chi connectivity index (χ1) is 9.10. The normalized spacial score (nSPS) is 35.0. The molecule has 2 rings (SSSR count). The van der Waals surface area contributed by atoms with Gasteiger partial charge in [0.2, 0.25) is 5.91 Å². The van der Waals surface area contributed by atoms with Gasteiger partial charge in [0.25, 0.3) is 0 Å². The lowest BCUT2D eigenvalue weighted by atomic mass is 9.90. The van der Waals surface area contributed by atoms with Crippen molar-refractivity contribution < 1.29 is 14.7 Å². The largest absolute Gasteiger partial charge is 0.481 e. The van der Waals surface area contributed by atoms with Gasteiger partial charge in [0.1, 0.15) is 0 Å². The van der Waals surface area contributed by atoms with E-state index in [1.807, 2.05) is 0 Å². The highest BCUT2D eigenvalue weighted by Gasteiger charge is 2.33. The smallest absolute Gasteiger partial charge is 0.306 e. The molecule has 0 bridgehead atoms. The molecule has 1 heterocycles. The van der Waals surface area contributed by atoms with Gasteiger partial charge in [-0.3, -0.25) is 9.59 Å². The van der Waals surface area contributed by atoms with E-state index in [0.29, 0.717) is 18.8 Å². The minimum Gasteiger partial charge on any atom is -0.481 e. The zero-order valence-electron chi connectivity index (χ0n) is 11.5. The van der Waals surface area contributed by atoms with Crippen LogP contribution in [0, 0.1) is 11.8 Å². The summed E-state index contributed by atoms with van der Waals surface area (Å²) in [5.41, 5.74) is 0. The van der Waals surface area contributed by atoms with Gasteiger partial charge in [-0.05, 0) is 44.6 Å².